The molecule has 3 nitrogen and oxygen atoms in total. The van der Waals surface area contributed by atoms with Gasteiger partial charge in [0, 0.05) is 5.56 Å². The van der Waals surface area contributed by atoms with Crippen LogP contribution < -0.4 is 4.74 Å². The Labute approximate surface area is 118 Å². The van der Waals surface area contributed by atoms with E-state index in [-0.39, 0.29) is 6.10 Å². The van der Waals surface area contributed by atoms with Crippen molar-refractivity contribution in [2.45, 2.75) is 26.9 Å². The first-order chi connectivity index (χ1) is 9.49. The molecule has 0 aliphatic heterocycles. The summed E-state index contributed by atoms with van der Waals surface area (Å²) in [6, 6.07) is 12.9. The van der Waals surface area contributed by atoms with Crippen LogP contribution in [0, 0.1) is 6.92 Å². The van der Waals surface area contributed by atoms with E-state index in [1.807, 2.05) is 51.1 Å². The van der Waals surface area contributed by atoms with Gasteiger partial charge >= 0.3 is 5.97 Å². The zero-order valence-electron chi connectivity index (χ0n) is 11.9. The minimum atomic E-state index is -0.911. The van der Waals surface area contributed by atoms with Crippen LogP contribution in [0.25, 0.3) is 11.1 Å². The fraction of sp³-hybridized carbons (Fsp3) is 0.235. The van der Waals surface area contributed by atoms with Crippen LogP contribution in [0.3, 0.4) is 0 Å². The number of carboxylic acids is 1. The second kappa shape index (κ2) is 5.78. The molecule has 2 aromatic carbocycles. The molecule has 2 rings (SSSR count). The first-order valence-electron chi connectivity index (χ1n) is 6.59. The SMILES string of the molecule is Cc1cc(C(=O)O)ccc1-c1ccccc1OC(C)C. The predicted octanol–water partition coefficient (Wildman–Crippen LogP) is 4.15. The van der Waals surface area contributed by atoms with Gasteiger partial charge in [0.2, 0.25) is 0 Å². The fourth-order valence-corrected chi connectivity index (χ4v) is 2.14. The third-order valence-electron chi connectivity index (χ3n) is 3.01. The smallest absolute Gasteiger partial charge is 0.335 e. The Bertz CT molecular complexity index is 630. The Morgan fingerprint density at radius 3 is 2.40 bits per heavy atom. The number of para-hydroxylation sites is 1. The molecule has 0 radical (unpaired) electrons. The van der Waals surface area contributed by atoms with Crippen LogP contribution >= 0.6 is 0 Å². The van der Waals surface area contributed by atoms with Crippen LogP contribution in [0.2, 0.25) is 0 Å². The number of rotatable bonds is 4. The van der Waals surface area contributed by atoms with Crippen molar-refractivity contribution in [1.82, 2.24) is 0 Å². The summed E-state index contributed by atoms with van der Waals surface area (Å²) in [7, 11) is 0. The Balaban J connectivity index is 2.49. The van der Waals surface area contributed by atoms with Crippen molar-refractivity contribution >= 4 is 5.97 Å². The van der Waals surface area contributed by atoms with Crippen molar-refractivity contribution in [3.05, 3.63) is 53.6 Å². The van der Waals surface area contributed by atoms with Gasteiger partial charge in [0.05, 0.1) is 11.7 Å². The van der Waals surface area contributed by atoms with E-state index in [1.54, 1.807) is 12.1 Å². The first kappa shape index (κ1) is 14.1. The number of carbonyl (C=O) groups is 1. The maximum absolute atomic E-state index is 11.0. The number of ether oxygens (including phenoxy) is 1. The fourth-order valence-electron chi connectivity index (χ4n) is 2.14. The maximum atomic E-state index is 11.0. The molecule has 0 aromatic heterocycles. The lowest BCUT2D eigenvalue weighted by atomic mass is 9.97. The molecular formula is C17H18O3. The number of carboxylic acid groups (broad SMARTS) is 1. The average molecular weight is 270 g/mol. The second-order valence-electron chi connectivity index (χ2n) is 5.00. The molecule has 3 heteroatoms. The molecule has 1 N–H and O–H groups in total. The zero-order valence-corrected chi connectivity index (χ0v) is 11.9. The van der Waals surface area contributed by atoms with Crippen LogP contribution in [0.4, 0.5) is 0 Å². The normalized spacial score (nSPS) is 10.6. The highest BCUT2D eigenvalue weighted by Gasteiger charge is 2.11. The van der Waals surface area contributed by atoms with Crippen molar-refractivity contribution in [3.8, 4) is 16.9 Å². The monoisotopic (exact) mass is 270 g/mol. The Morgan fingerprint density at radius 2 is 1.80 bits per heavy atom. The maximum Gasteiger partial charge on any atom is 0.335 e. The van der Waals surface area contributed by atoms with E-state index >= 15 is 0 Å². The summed E-state index contributed by atoms with van der Waals surface area (Å²) in [5.74, 6) is -0.0972. The number of hydrogen-bond donors (Lipinski definition) is 1. The summed E-state index contributed by atoms with van der Waals surface area (Å²) in [6.45, 7) is 5.88. The summed E-state index contributed by atoms with van der Waals surface area (Å²) in [4.78, 5) is 11.0. The molecule has 0 amide bonds. The first-order valence-corrected chi connectivity index (χ1v) is 6.59. The summed E-state index contributed by atoms with van der Waals surface area (Å²) in [5.41, 5.74) is 3.19. The highest BCUT2D eigenvalue weighted by molar-refractivity contribution is 5.89. The number of aryl methyl sites for hydroxylation is 1. The Kier molecular flexibility index (Phi) is 4.08. The van der Waals surface area contributed by atoms with Crippen LogP contribution in [-0.4, -0.2) is 17.2 Å². The molecule has 0 saturated heterocycles. The van der Waals surface area contributed by atoms with Gasteiger partial charge in [-0.3, -0.25) is 0 Å². The molecule has 104 valence electrons. The molecule has 0 atom stereocenters. The van der Waals surface area contributed by atoms with Gasteiger partial charge < -0.3 is 9.84 Å². The molecule has 0 unspecified atom stereocenters. The quantitative estimate of drug-likeness (QED) is 0.907. The highest BCUT2D eigenvalue weighted by atomic mass is 16.5. The van der Waals surface area contributed by atoms with Crippen LogP contribution in [-0.2, 0) is 0 Å². The molecule has 0 aliphatic rings. The highest BCUT2D eigenvalue weighted by Crippen LogP contribution is 2.33. The third-order valence-corrected chi connectivity index (χ3v) is 3.01. The predicted molar refractivity (Wildman–Crippen MR) is 79.3 cm³/mol. The number of aromatic carboxylic acids is 1. The van der Waals surface area contributed by atoms with Gasteiger partial charge in [-0.05, 0) is 50.1 Å². The second-order valence-corrected chi connectivity index (χ2v) is 5.00. The minimum Gasteiger partial charge on any atom is -0.490 e. The van der Waals surface area contributed by atoms with Crippen molar-refractivity contribution in [1.29, 1.82) is 0 Å². The van der Waals surface area contributed by atoms with Crippen molar-refractivity contribution in [3.63, 3.8) is 0 Å². The van der Waals surface area contributed by atoms with Crippen molar-refractivity contribution in [2.75, 3.05) is 0 Å². The number of benzene rings is 2. The van der Waals surface area contributed by atoms with Gasteiger partial charge in [0.25, 0.3) is 0 Å². The summed E-state index contributed by atoms with van der Waals surface area (Å²) in [6.07, 6.45) is 0.0924. The van der Waals surface area contributed by atoms with Crippen LogP contribution in [0.1, 0.15) is 29.8 Å². The van der Waals surface area contributed by atoms with E-state index < -0.39 is 5.97 Å². The van der Waals surface area contributed by atoms with Gasteiger partial charge in [-0.15, -0.1) is 0 Å². The Hall–Kier alpha value is -2.29. The molecule has 0 saturated carbocycles. The van der Waals surface area contributed by atoms with E-state index in [9.17, 15) is 4.79 Å². The molecule has 0 spiro atoms. The molecule has 0 bridgehead atoms. The summed E-state index contributed by atoms with van der Waals surface area (Å²) < 4.78 is 5.82. The molecule has 0 aliphatic carbocycles. The molecule has 2 aromatic rings. The topological polar surface area (TPSA) is 46.5 Å². The van der Waals surface area contributed by atoms with E-state index in [1.165, 1.54) is 0 Å². The average Bonchev–Trinajstić information content (AvgIpc) is 2.39. The van der Waals surface area contributed by atoms with Crippen molar-refractivity contribution in [2.24, 2.45) is 0 Å². The zero-order chi connectivity index (χ0) is 14.7. The largest absolute Gasteiger partial charge is 0.490 e. The standard InChI is InChI=1S/C17H18O3/c1-11(2)20-16-7-5-4-6-15(16)14-9-8-13(17(18)19)10-12(14)3/h4-11H,1-3H3,(H,18,19). The van der Waals surface area contributed by atoms with Gasteiger partial charge in [-0.1, -0.05) is 24.3 Å². The van der Waals surface area contributed by atoms with Crippen molar-refractivity contribution < 1.29 is 14.6 Å². The van der Waals surface area contributed by atoms with Gasteiger partial charge in [0.15, 0.2) is 0 Å². The molecular weight excluding hydrogens is 252 g/mol. The lowest BCUT2D eigenvalue weighted by molar-refractivity contribution is 0.0697. The minimum absolute atomic E-state index is 0.0924. The molecule has 20 heavy (non-hydrogen) atoms. The third kappa shape index (κ3) is 2.99. The van der Waals surface area contributed by atoms with Gasteiger partial charge in [0.1, 0.15) is 5.75 Å². The van der Waals surface area contributed by atoms with Crippen LogP contribution in [0.5, 0.6) is 5.75 Å². The summed E-state index contributed by atoms with van der Waals surface area (Å²) >= 11 is 0. The summed E-state index contributed by atoms with van der Waals surface area (Å²) in [5, 5.41) is 9.02. The van der Waals surface area contributed by atoms with E-state index in [0.717, 1.165) is 22.4 Å². The van der Waals surface area contributed by atoms with Gasteiger partial charge in [-0.2, -0.15) is 0 Å². The van der Waals surface area contributed by atoms with Gasteiger partial charge in [-0.25, -0.2) is 4.79 Å². The van der Waals surface area contributed by atoms with Crippen LogP contribution in [0.15, 0.2) is 42.5 Å². The molecule has 0 fully saturated rings. The lowest BCUT2D eigenvalue weighted by Gasteiger charge is -2.15. The van der Waals surface area contributed by atoms with E-state index in [2.05, 4.69) is 0 Å². The Morgan fingerprint density at radius 1 is 1.10 bits per heavy atom. The molecule has 0 heterocycles. The van der Waals surface area contributed by atoms with E-state index in [4.69, 9.17) is 9.84 Å². The van der Waals surface area contributed by atoms with E-state index in [0.29, 0.717) is 5.56 Å². The number of hydrogen-bond acceptors (Lipinski definition) is 2. The lowest BCUT2D eigenvalue weighted by Crippen LogP contribution is -2.06.